The molecule has 1 atom stereocenters. The number of benzene rings is 1. The van der Waals surface area contributed by atoms with Crippen LogP contribution in [-0.2, 0) is 16.0 Å². The first-order valence-corrected chi connectivity index (χ1v) is 11.4. The van der Waals surface area contributed by atoms with E-state index in [1.807, 2.05) is 30.0 Å². The third-order valence-electron chi connectivity index (χ3n) is 6.17. The second-order valence-electron chi connectivity index (χ2n) is 8.23. The number of rotatable bonds is 6. The van der Waals surface area contributed by atoms with E-state index in [0.29, 0.717) is 0 Å². The zero-order valence-corrected chi connectivity index (χ0v) is 19.1. The molecule has 0 radical (unpaired) electrons. The van der Waals surface area contributed by atoms with E-state index in [0.717, 1.165) is 70.2 Å². The van der Waals surface area contributed by atoms with Gasteiger partial charge in [-0.05, 0) is 43.9 Å². The van der Waals surface area contributed by atoms with E-state index in [1.165, 1.54) is 5.56 Å². The molecule has 2 amide bonds. The van der Waals surface area contributed by atoms with Crippen LogP contribution in [0.15, 0.2) is 29.3 Å². The largest absolute Gasteiger partial charge is 0.347 e. The highest BCUT2D eigenvalue weighted by molar-refractivity contribution is 5.95. The van der Waals surface area contributed by atoms with Crippen molar-refractivity contribution in [1.82, 2.24) is 20.0 Å². The van der Waals surface area contributed by atoms with Crippen LogP contribution >= 0.6 is 0 Å². The molecule has 8 nitrogen and oxygen atoms in total. The molecule has 2 aliphatic heterocycles. The predicted molar refractivity (Wildman–Crippen MR) is 124 cm³/mol. The normalized spacial score (nSPS) is 18.7. The Morgan fingerprint density at radius 1 is 1.06 bits per heavy atom. The number of hydrogen-bond acceptors (Lipinski definition) is 4. The molecule has 8 heteroatoms. The van der Waals surface area contributed by atoms with Gasteiger partial charge in [0.25, 0.3) is 0 Å². The van der Waals surface area contributed by atoms with Crippen LogP contribution in [0.25, 0.3) is 0 Å². The smallest absolute Gasteiger partial charge is 0.243 e. The fraction of sp³-hybridized carbons (Fsp3) is 0.609. The maximum Gasteiger partial charge on any atom is 0.243 e. The van der Waals surface area contributed by atoms with Crippen molar-refractivity contribution in [1.29, 1.82) is 0 Å². The van der Waals surface area contributed by atoms with Gasteiger partial charge in [0.2, 0.25) is 11.8 Å². The number of likely N-dealkylation sites (tertiary alicyclic amines) is 1. The number of carbonyl (C=O) groups is 2. The quantitative estimate of drug-likeness (QED) is 0.529. The Hall–Kier alpha value is -2.61. The second-order valence-corrected chi connectivity index (χ2v) is 8.23. The van der Waals surface area contributed by atoms with Crippen molar-refractivity contribution in [3.8, 4) is 0 Å². The Morgan fingerprint density at radius 3 is 2.42 bits per heavy atom. The molecule has 1 aromatic carbocycles. The monoisotopic (exact) mass is 428 g/mol. The van der Waals surface area contributed by atoms with Crippen molar-refractivity contribution < 1.29 is 9.59 Å². The maximum absolute atomic E-state index is 12.7. The van der Waals surface area contributed by atoms with E-state index in [2.05, 4.69) is 38.4 Å². The molecule has 0 saturated carbocycles. The van der Waals surface area contributed by atoms with Crippen molar-refractivity contribution in [3.05, 3.63) is 29.8 Å². The van der Waals surface area contributed by atoms with E-state index in [-0.39, 0.29) is 24.4 Å². The zero-order valence-electron chi connectivity index (χ0n) is 19.1. The van der Waals surface area contributed by atoms with E-state index < -0.39 is 0 Å². The van der Waals surface area contributed by atoms with Crippen molar-refractivity contribution in [2.75, 3.05) is 58.2 Å². The molecule has 2 aliphatic rings. The number of piperazine rings is 1. The molecular formula is C23H36N6O2. The Morgan fingerprint density at radius 2 is 1.77 bits per heavy atom. The number of aliphatic imine (C=N–C) groups is 1. The molecule has 1 unspecified atom stereocenters. The van der Waals surface area contributed by atoms with Gasteiger partial charge in [-0.3, -0.25) is 19.5 Å². The minimum atomic E-state index is -0.0992. The van der Waals surface area contributed by atoms with Crippen molar-refractivity contribution in [3.63, 3.8) is 0 Å². The van der Waals surface area contributed by atoms with Gasteiger partial charge in [-0.1, -0.05) is 19.1 Å². The fourth-order valence-corrected chi connectivity index (χ4v) is 4.24. The van der Waals surface area contributed by atoms with Crippen LogP contribution in [0.1, 0.15) is 32.3 Å². The van der Waals surface area contributed by atoms with Gasteiger partial charge < -0.3 is 20.4 Å². The van der Waals surface area contributed by atoms with Gasteiger partial charge in [-0.25, -0.2) is 0 Å². The first kappa shape index (κ1) is 23.1. The number of carbonyl (C=O) groups excluding carboxylic acids is 2. The SMILES string of the molecule is CCc1cccc(NC(=O)CNC(=NC)N2CCN(C(C)C(=O)N3CCCC3)CC2)c1. The lowest BCUT2D eigenvalue weighted by molar-refractivity contribution is -0.135. The first-order chi connectivity index (χ1) is 15.0. The third-order valence-corrected chi connectivity index (χ3v) is 6.17. The van der Waals surface area contributed by atoms with E-state index >= 15 is 0 Å². The summed E-state index contributed by atoms with van der Waals surface area (Å²) in [5.74, 6) is 0.866. The molecule has 170 valence electrons. The number of aryl methyl sites for hydroxylation is 1. The molecule has 3 rings (SSSR count). The summed E-state index contributed by atoms with van der Waals surface area (Å²) in [5.41, 5.74) is 2.00. The number of nitrogens with zero attached hydrogens (tertiary/aromatic N) is 4. The molecule has 1 aromatic rings. The predicted octanol–water partition coefficient (Wildman–Crippen LogP) is 1.39. The summed E-state index contributed by atoms with van der Waals surface area (Å²) in [5, 5.41) is 6.10. The fourth-order valence-electron chi connectivity index (χ4n) is 4.24. The van der Waals surface area contributed by atoms with E-state index in [9.17, 15) is 9.59 Å². The van der Waals surface area contributed by atoms with Crippen LogP contribution in [-0.4, -0.2) is 91.4 Å². The standard InChI is InChI=1S/C23H36N6O2/c1-4-19-8-7-9-20(16-19)26-21(30)17-25-23(24-3)29-14-12-27(13-15-29)18(2)22(31)28-10-5-6-11-28/h7-9,16,18H,4-6,10-15,17H2,1-3H3,(H,24,25)(H,26,30). The molecule has 2 heterocycles. The average Bonchev–Trinajstić information content (AvgIpc) is 3.34. The molecular weight excluding hydrogens is 392 g/mol. The van der Waals surface area contributed by atoms with Crippen LogP contribution in [0, 0.1) is 0 Å². The molecule has 0 aliphatic carbocycles. The lowest BCUT2D eigenvalue weighted by atomic mass is 10.1. The summed E-state index contributed by atoms with van der Waals surface area (Å²) < 4.78 is 0. The van der Waals surface area contributed by atoms with Crippen molar-refractivity contribution in [2.45, 2.75) is 39.2 Å². The summed E-state index contributed by atoms with van der Waals surface area (Å²) >= 11 is 0. The van der Waals surface area contributed by atoms with Gasteiger partial charge in [0.1, 0.15) is 0 Å². The summed E-state index contributed by atoms with van der Waals surface area (Å²) in [6.45, 7) is 9.21. The van der Waals surface area contributed by atoms with Crippen molar-refractivity contribution in [2.24, 2.45) is 4.99 Å². The van der Waals surface area contributed by atoms with Crippen LogP contribution in [0.2, 0.25) is 0 Å². The number of amides is 2. The third kappa shape index (κ3) is 6.19. The first-order valence-electron chi connectivity index (χ1n) is 11.4. The summed E-state index contributed by atoms with van der Waals surface area (Å²) in [4.78, 5) is 35.8. The van der Waals surface area contributed by atoms with Gasteiger partial charge in [0.05, 0.1) is 12.6 Å². The van der Waals surface area contributed by atoms with Crippen LogP contribution in [0.4, 0.5) is 5.69 Å². The molecule has 2 N–H and O–H groups in total. The van der Waals surface area contributed by atoms with Gasteiger partial charge in [-0.2, -0.15) is 0 Å². The van der Waals surface area contributed by atoms with Gasteiger partial charge in [0, 0.05) is 52.0 Å². The highest BCUT2D eigenvalue weighted by Gasteiger charge is 2.30. The molecule has 2 saturated heterocycles. The average molecular weight is 429 g/mol. The highest BCUT2D eigenvalue weighted by atomic mass is 16.2. The molecule has 2 fully saturated rings. The lowest BCUT2D eigenvalue weighted by Crippen LogP contribution is -2.57. The molecule has 0 aromatic heterocycles. The van der Waals surface area contributed by atoms with Crippen LogP contribution < -0.4 is 10.6 Å². The van der Waals surface area contributed by atoms with Gasteiger partial charge in [0.15, 0.2) is 5.96 Å². The second kappa shape index (κ2) is 11.1. The number of anilines is 1. The Labute approximate surface area is 185 Å². The van der Waals surface area contributed by atoms with Gasteiger partial charge in [-0.15, -0.1) is 0 Å². The van der Waals surface area contributed by atoms with Crippen LogP contribution in [0.5, 0.6) is 0 Å². The van der Waals surface area contributed by atoms with E-state index in [1.54, 1.807) is 7.05 Å². The Kier molecular flexibility index (Phi) is 8.28. The number of hydrogen-bond donors (Lipinski definition) is 2. The Balaban J connectivity index is 1.44. The Bertz CT molecular complexity index is 782. The molecule has 31 heavy (non-hydrogen) atoms. The molecule has 0 bridgehead atoms. The summed E-state index contributed by atoms with van der Waals surface area (Å²) in [6, 6.07) is 7.82. The van der Waals surface area contributed by atoms with Crippen molar-refractivity contribution >= 4 is 23.5 Å². The molecule has 0 spiro atoms. The highest BCUT2D eigenvalue weighted by Crippen LogP contribution is 2.14. The summed E-state index contributed by atoms with van der Waals surface area (Å²) in [6.07, 6.45) is 3.17. The number of nitrogens with one attached hydrogen (secondary N) is 2. The zero-order chi connectivity index (χ0) is 22.2. The topological polar surface area (TPSA) is 80.3 Å². The summed E-state index contributed by atoms with van der Waals surface area (Å²) in [7, 11) is 1.73. The number of guanidine groups is 1. The van der Waals surface area contributed by atoms with Gasteiger partial charge >= 0.3 is 0 Å². The minimum absolute atomic E-state index is 0.0834. The lowest BCUT2D eigenvalue weighted by Gasteiger charge is -2.39. The van der Waals surface area contributed by atoms with E-state index in [4.69, 9.17) is 0 Å². The minimum Gasteiger partial charge on any atom is -0.347 e. The van der Waals surface area contributed by atoms with Crippen LogP contribution in [0.3, 0.4) is 0 Å². The maximum atomic E-state index is 12.7.